The number of allylic oxidation sites excluding steroid dienone is 3. The Bertz CT molecular complexity index is 763. The molecule has 3 aliphatic rings. The van der Waals surface area contributed by atoms with Gasteiger partial charge in [0.15, 0.2) is 0 Å². The Kier molecular flexibility index (Phi) is 7.44. The van der Waals surface area contributed by atoms with Gasteiger partial charge in [0.05, 0.1) is 17.8 Å². The lowest BCUT2D eigenvalue weighted by molar-refractivity contribution is -0.0949. The van der Waals surface area contributed by atoms with E-state index in [0.717, 1.165) is 37.7 Å². The van der Waals surface area contributed by atoms with E-state index in [0.29, 0.717) is 24.3 Å². The van der Waals surface area contributed by atoms with Crippen LogP contribution in [0.4, 0.5) is 8.78 Å². The maximum atomic E-state index is 14.6. The highest BCUT2D eigenvalue weighted by Crippen LogP contribution is 2.60. The van der Waals surface area contributed by atoms with E-state index in [2.05, 4.69) is 19.6 Å². The van der Waals surface area contributed by atoms with Gasteiger partial charge in [-0.3, -0.25) is 0 Å². The molecule has 0 radical (unpaired) electrons. The molecule has 0 spiro atoms. The predicted molar refractivity (Wildman–Crippen MR) is 124 cm³/mol. The highest BCUT2D eigenvalue weighted by Gasteiger charge is 2.52. The van der Waals surface area contributed by atoms with E-state index in [1.807, 2.05) is 13.0 Å². The Balaban J connectivity index is 1.75. The Hall–Kier alpha value is -1.04. The topological polar surface area (TPSA) is 60.7 Å². The molecule has 6 atom stereocenters. The quantitative estimate of drug-likeness (QED) is 0.467. The smallest absolute Gasteiger partial charge is 0.251 e. The molecule has 3 saturated carbocycles. The van der Waals surface area contributed by atoms with Crippen LogP contribution in [0.1, 0.15) is 85.5 Å². The number of halogens is 2. The standard InChI is InChI=1S/C27H42F2O3/c1-17(15-27(28,29)16-25(3,4)32)22-10-11-23-19(7-6-12-26(22,23)5)8-9-20-13-21(30)14-24(31)18(20)2/h8-9,17,21-24,30-32H,2,6-7,10-16H2,1,3-5H3/b19-8+,20-9-/t17-,21-,22-,23+,24?,26-/m1/s1. The van der Waals surface area contributed by atoms with Crippen molar-refractivity contribution in [2.45, 2.75) is 109 Å². The second-order valence-corrected chi connectivity index (χ2v) is 11.7. The highest BCUT2D eigenvalue weighted by atomic mass is 19.3. The van der Waals surface area contributed by atoms with Crippen molar-refractivity contribution in [1.82, 2.24) is 0 Å². The summed E-state index contributed by atoms with van der Waals surface area (Å²) in [6.45, 7) is 11.1. The van der Waals surface area contributed by atoms with Crippen molar-refractivity contribution < 1.29 is 24.1 Å². The van der Waals surface area contributed by atoms with E-state index in [1.54, 1.807) is 0 Å². The molecule has 3 nitrogen and oxygen atoms in total. The number of fused-ring (bicyclic) bond motifs is 1. The zero-order valence-electron chi connectivity index (χ0n) is 20.2. The molecule has 3 aliphatic carbocycles. The minimum Gasteiger partial charge on any atom is -0.393 e. The number of hydrogen-bond acceptors (Lipinski definition) is 3. The first-order valence-corrected chi connectivity index (χ1v) is 12.3. The molecule has 0 aromatic carbocycles. The van der Waals surface area contributed by atoms with Crippen LogP contribution in [0.25, 0.3) is 0 Å². The zero-order valence-corrected chi connectivity index (χ0v) is 20.2. The van der Waals surface area contributed by atoms with Gasteiger partial charge in [-0.2, -0.15) is 0 Å². The molecule has 5 heteroatoms. The van der Waals surface area contributed by atoms with Crippen molar-refractivity contribution in [3.05, 3.63) is 35.5 Å². The van der Waals surface area contributed by atoms with Crippen molar-refractivity contribution >= 4 is 0 Å². The van der Waals surface area contributed by atoms with Crippen LogP contribution in [-0.4, -0.2) is 39.1 Å². The van der Waals surface area contributed by atoms with E-state index >= 15 is 0 Å². The molecule has 0 saturated heterocycles. The zero-order chi connectivity index (χ0) is 23.9. The van der Waals surface area contributed by atoms with E-state index in [-0.39, 0.29) is 23.7 Å². The fourth-order valence-electron chi connectivity index (χ4n) is 7.00. The Morgan fingerprint density at radius 1 is 1.22 bits per heavy atom. The summed E-state index contributed by atoms with van der Waals surface area (Å²) >= 11 is 0. The fourth-order valence-corrected chi connectivity index (χ4v) is 7.00. The molecule has 0 amide bonds. The van der Waals surface area contributed by atoms with Gasteiger partial charge in [0.1, 0.15) is 0 Å². The molecule has 0 heterocycles. The Labute approximate surface area is 192 Å². The molecule has 3 rings (SSSR count). The first-order valence-electron chi connectivity index (χ1n) is 12.3. The van der Waals surface area contributed by atoms with Gasteiger partial charge >= 0.3 is 0 Å². The van der Waals surface area contributed by atoms with Gasteiger partial charge in [-0.1, -0.05) is 38.2 Å². The fraction of sp³-hybridized carbons (Fsp3) is 0.778. The van der Waals surface area contributed by atoms with E-state index in [9.17, 15) is 24.1 Å². The van der Waals surface area contributed by atoms with Crippen LogP contribution >= 0.6 is 0 Å². The maximum absolute atomic E-state index is 14.6. The largest absolute Gasteiger partial charge is 0.393 e. The average molecular weight is 453 g/mol. The van der Waals surface area contributed by atoms with Gasteiger partial charge in [0, 0.05) is 19.3 Å². The number of hydrogen-bond donors (Lipinski definition) is 3. The predicted octanol–water partition coefficient (Wildman–Crippen LogP) is 5.95. The molecule has 0 bridgehead atoms. The molecular weight excluding hydrogens is 410 g/mol. The lowest BCUT2D eigenvalue weighted by Crippen LogP contribution is -2.39. The molecule has 1 unspecified atom stereocenters. The third-order valence-corrected chi connectivity index (χ3v) is 8.30. The number of rotatable bonds is 6. The average Bonchev–Trinajstić information content (AvgIpc) is 2.98. The highest BCUT2D eigenvalue weighted by molar-refractivity contribution is 5.38. The second-order valence-electron chi connectivity index (χ2n) is 11.7. The van der Waals surface area contributed by atoms with Crippen LogP contribution in [0, 0.1) is 23.2 Å². The van der Waals surface area contributed by atoms with Crippen molar-refractivity contribution in [2.75, 3.05) is 0 Å². The van der Waals surface area contributed by atoms with Gasteiger partial charge in [-0.15, -0.1) is 0 Å². The normalized spacial score (nSPS) is 37.7. The number of aliphatic hydroxyl groups excluding tert-OH is 2. The van der Waals surface area contributed by atoms with Gasteiger partial charge in [-0.25, -0.2) is 8.78 Å². The Morgan fingerprint density at radius 2 is 1.91 bits per heavy atom. The molecule has 182 valence electrons. The third kappa shape index (κ3) is 5.71. The summed E-state index contributed by atoms with van der Waals surface area (Å²) in [6.07, 6.45) is 8.20. The van der Waals surface area contributed by atoms with E-state index in [1.165, 1.54) is 19.4 Å². The molecule has 0 aromatic heterocycles. The molecule has 3 N–H and O–H groups in total. The van der Waals surface area contributed by atoms with E-state index < -0.39 is 30.2 Å². The number of alkyl halides is 2. The van der Waals surface area contributed by atoms with Crippen molar-refractivity contribution in [1.29, 1.82) is 0 Å². The van der Waals surface area contributed by atoms with Crippen LogP contribution in [-0.2, 0) is 0 Å². The first kappa shape index (κ1) is 25.6. The maximum Gasteiger partial charge on any atom is 0.251 e. The summed E-state index contributed by atoms with van der Waals surface area (Å²) in [7, 11) is 0. The third-order valence-electron chi connectivity index (χ3n) is 8.30. The SMILES string of the molecule is C=C1/C(=C\C=C2/CCC[C@]3(C)[C@@H]([C@H](C)CC(F)(F)CC(C)(C)O)CC[C@@H]23)C[C@@H](O)CC1O. The molecule has 0 aromatic rings. The van der Waals surface area contributed by atoms with E-state index in [4.69, 9.17) is 0 Å². The Morgan fingerprint density at radius 3 is 2.56 bits per heavy atom. The van der Waals surface area contributed by atoms with Gasteiger partial charge in [0.2, 0.25) is 0 Å². The summed E-state index contributed by atoms with van der Waals surface area (Å²) in [5.41, 5.74) is 1.61. The molecule has 32 heavy (non-hydrogen) atoms. The molecular formula is C27H42F2O3. The first-order chi connectivity index (χ1) is 14.7. The molecule has 0 aliphatic heterocycles. The summed E-state index contributed by atoms with van der Waals surface area (Å²) in [4.78, 5) is 0. The monoisotopic (exact) mass is 452 g/mol. The van der Waals surface area contributed by atoms with Crippen molar-refractivity contribution in [2.24, 2.45) is 23.2 Å². The van der Waals surface area contributed by atoms with Crippen LogP contribution in [0.15, 0.2) is 35.5 Å². The van der Waals surface area contributed by atoms with Crippen LogP contribution in [0.2, 0.25) is 0 Å². The summed E-state index contributed by atoms with van der Waals surface area (Å²) in [6, 6.07) is 0. The van der Waals surface area contributed by atoms with Crippen molar-refractivity contribution in [3.8, 4) is 0 Å². The minimum absolute atomic E-state index is 0.00935. The van der Waals surface area contributed by atoms with Crippen LogP contribution in [0.5, 0.6) is 0 Å². The second kappa shape index (κ2) is 9.31. The summed E-state index contributed by atoms with van der Waals surface area (Å²) < 4.78 is 29.3. The van der Waals surface area contributed by atoms with Gasteiger partial charge in [0.25, 0.3) is 5.92 Å². The lowest BCUT2D eigenvalue weighted by Gasteiger charge is -2.45. The van der Waals surface area contributed by atoms with Crippen LogP contribution in [0.3, 0.4) is 0 Å². The summed E-state index contributed by atoms with van der Waals surface area (Å²) in [5.74, 6) is -2.35. The van der Waals surface area contributed by atoms with Crippen molar-refractivity contribution in [3.63, 3.8) is 0 Å². The van der Waals surface area contributed by atoms with Gasteiger partial charge < -0.3 is 15.3 Å². The minimum atomic E-state index is -2.87. The summed E-state index contributed by atoms with van der Waals surface area (Å²) in [5, 5.41) is 30.0. The lowest BCUT2D eigenvalue weighted by atomic mass is 9.60. The van der Waals surface area contributed by atoms with Crippen LogP contribution < -0.4 is 0 Å². The van der Waals surface area contributed by atoms with Gasteiger partial charge in [-0.05, 0) is 86.7 Å². The molecule has 3 fully saturated rings. The number of aliphatic hydroxyl groups is 3.